The lowest BCUT2D eigenvalue weighted by atomic mass is 9.98. The zero-order chi connectivity index (χ0) is 16.4. The van der Waals surface area contributed by atoms with E-state index < -0.39 is 6.10 Å². The van der Waals surface area contributed by atoms with Gasteiger partial charge in [-0.1, -0.05) is 30.3 Å². The summed E-state index contributed by atoms with van der Waals surface area (Å²) in [5.41, 5.74) is 4.47. The van der Waals surface area contributed by atoms with Gasteiger partial charge in [-0.3, -0.25) is 0 Å². The Bertz CT molecular complexity index is 689. The SMILES string of the molecule is CNC[C@@H](O)[C@H](c1cccc(F)c1)N1CCc2cccc(C)c21. The van der Waals surface area contributed by atoms with Gasteiger partial charge in [0.2, 0.25) is 0 Å². The molecular weight excluding hydrogens is 291 g/mol. The Balaban J connectivity index is 2.04. The van der Waals surface area contributed by atoms with Crippen molar-refractivity contribution in [3.8, 4) is 0 Å². The summed E-state index contributed by atoms with van der Waals surface area (Å²) in [6.07, 6.45) is 0.335. The molecule has 23 heavy (non-hydrogen) atoms. The average Bonchev–Trinajstić information content (AvgIpc) is 2.93. The van der Waals surface area contributed by atoms with E-state index in [4.69, 9.17) is 0 Å². The van der Waals surface area contributed by atoms with Crippen molar-refractivity contribution in [2.75, 3.05) is 25.0 Å². The molecule has 3 nitrogen and oxygen atoms in total. The maximum atomic E-state index is 13.7. The summed E-state index contributed by atoms with van der Waals surface area (Å²) >= 11 is 0. The van der Waals surface area contributed by atoms with Crippen LogP contribution in [0.25, 0.3) is 0 Å². The van der Waals surface area contributed by atoms with Gasteiger partial charge in [0, 0.05) is 18.8 Å². The van der Waals surface area contributed by atoms with Crippen molar-refractivity contribution in [1.29, 1.82) is 0 Å². The maximum Gasteiger partial charge on any atom is 0.123 e. The number of para-hydroxylation sites is 1. The molecule has 0 aromatic heterocycles. The van der Waals surface area contributed by atoms with Crippen LogP contribution in [0.15, 0.2) is 42.5 Å². The minimum absolute atomic E-state index is 0.263. The van der Waals surface area contributed by atoms with Gasteiger partial charge in [-0.25, -0.2) is 4.39 Å². The van der Waals surface area contributed by atoms with Crippen LogP contribution in [0.4, 0.5) is 10.1 Å². The van der Waals surface area contributed by atoms with Crippen molar-refractivity contribution in [2.24, 2.45) is 0 Å². The van der Waals surface area contributed by atoms with Crippen molar-refractivity contribution in [1.82, 2.24) is 5.32 Å². The van der Waals surface area contributed by atoms with E-state index in [0.29, 0.717) is 6.54 Å². The molecule has 122 valence electrons. The summed E-state index contributed by atoms with van der Waals surface area (Å²) in [5.74, 6) is -0.270. The molecule has 0 amide bonds. The van der Waals surface area contributed by atoms with Crippen LogP contribution >= 0.6 is 0 Å². The molecule has 2 N–H and O–H groups in total. The fourth-order valence-electron chi connectivity index (χ4n) is 3.58. The predicted octanol–water partition coefficient (Wildman–Crippen LogP) is 2.82. The fraction of sp³-hybridized carbons (Fsp3) is 0.368. The molecule has 0 unspecified atom stereocenters. The number of rotatable bonds is 5. The number of benzene rings is 2. The zero-order valence-electron chi connectivity index (χ0n) is 13.6. The van der Waals surface area contributed by atoms with Crippen molar-refractivity contribution >= 4 is 5.69 Å². The summed E-state index contributed by atoms with van der Waals surface area (Å²) in [6, 6.07) is 12.6. The van der Waals surface area contributed by atoms with E-state index in [0.717, 1.165) is 18.5 Å². The van der Waals surface area contributed by atoms with Crippen molar-refractivity contribution in [3.63, 3.8) is 0 Å². The topological polar surface area (TPSA) is 35.5 Å². The fourth-order valence-corrected chi connectivity index (χ4v) is 3.58. The Hall–Kier alpha value is -1.91. The van der Waals surface area contributed by atoms with Gasteiger partial charge in [-0.15, -0.1) is 0 Å². The molecule has 3 rings (SSSR count). The molecule has 0 spiro atoms. The molecule has 0 saturated carbocycles. The van der Waals surface area contributed by atoms with Crippen molar-refractivity contribution < 1.29 is 9.50 Å². The molecule has 0 bridgehead atoms. The maximum absolute atomic E-state index is 13.7. The van der Waals surface area contributed by atoms with Gasteiger partial charge in [0.15, 0.2) is 0 Å². The van der Waals surface area contributed by atoms with Gasteiger partial charge in [-0.2, -0.15) is 0 Å². The van der Waals surface area contributed by atoms with Crippen LogP contribution < -0.4 is 10.2 Å². The molecule has 2 aromatic carbocycles. The summed E-state index contributed by atoms with van der Waals surface area (Å²) < 4.78 is 13.7. The normalized spacial score (nSPS) is 16.3. The molecule has 2 aromatic rings. The molecule has 4 heteroatoms. The highest BCUT2D eigenvalue weighted by Crippen LogP contribution is 2.39. The number of fused-ring (bicyclic) bond motifs is 1. The Morgan fingerprint density at radius 2 is 2.04 bits per heavy atom. The largest absolute Gasteiger partial charge is 0.389 e. The molecule has 1 heterocycles. The lowest BCUT2D eigenvalue weighted by Gasteiger charge is -2.35. The Labute approximate surface area is 136 Å². The third-order valence-corrected chi connectivity index (χ3v) is 4.53. The van der Waals surface area contributed by atoms with Crippen LogP contribution in [-0.4, -0.2) is 31.3 Å². The van der Waals surface area contributed by atoms with Gasteiger partial charge in [-0.05, 0) is 49.2 Å². The van der Waals surface area contributed by atoms with Crippen LogP contribution in [0, 0.1) is 12.7 Å². The molecule has 0 saturated heterocycles. The van der Waals surface area contributed by atoms with Gasteiger partial charge in [0.1, 0.15) is 5.82 Å². The zero-order valence-corrected chi connectivity index (χ0v) is 13.6. The molecule has 0 radical (unpaired) electrons. The number of aliphatic hydroxyl groups excluding tert-OH is 1. The Morgan fingerprint density at radius 1 is 1.26 bits per heavy atom. The lowest BCUT2D eigenvalue weighted by Crippen LogP contribution is -2.40. The first-order chi connectivity index (χ1) is 11.1. The first-order valence-electron chi connectivity index (χ1n) is 8.05. The Morgan fingerprint density at radius 3 is 2.78 bits per heavy atom. The van der Waals surface area contributed by atoms with E-state index >= 15 is 0 Å². The van der Waals surface area contributed by atoms with E-state index in [1.54, 1.807) is 6.07 Å². The third kappa shape index (κ3) is 3.09. The standard InChI is InChI=1S/C19H23FN2O/c1-13-5-3-6-14-9-10-22(18(13)14)19(17(23)12-21-2)15-7-4-8-16(20)11-15/h3-8,11,17,19,21,23H,9-10,12H2,1-2H3/t17-,19+/m1/s1. The monoisotopic (exact) mass is 314 g/mol. The first kappa shape index (κ1) is 16.0. The second-order valence-electron chi connectivity index (χ2n) is 6.15. The molecule has 0 fully saturated rings. The lowest BCUT2D eigenvalue weighted by molar-refractivity contribution is 0.141. The van der Waals surface area contributed by atoms with E-state index in [1.807, 2.05) is 13.1 Å². The number of likely N-dealkylation sites (N-methyl/N-ethyl adjacent to an activating group) is 1. The highest BCUT2D eigenvalue weighted by Gasteiger charge is 2.33. The van der Waals surface area contributed by atoms with Crippen molar-refractivity contribution in [2.45, 2.75) is 25.5 Å². The number of nitrogens with one attached hydrogen (secondary N) is 1. The first-order valence-corrected chi connectivity index (χ1v) is 8.05. The van der Waals surface area contributed by atoms with E-state index in [9.17, 15) is 9.50 Å². The number of halogens is 1. The highest BCUT2D eigenvalue weighted by atomic mass is 19.1. The molecule has 1 aliphatic heterocycles. The number of hydrogen-bond donors (Lipinski definition) is 2. The van der Waals surface area contributed by atoms with Gasteiger partial charge in [0.25, 0.3) is 0 Å². The number of nitrogens with zero attached hydrogens (tertiary/aromatic N) is 1. The summed E-state index contributed by atoms with van der Waals surface area (Å²) in [4.78, 5) is 2.22. The molecule has 0 aliphatic carbocycles. The minimum Gasteiger partial charge on any atom is -0.389 e. The van der Waals surface area contributed by atoms with E-state index in [1.165, 1.54) is 28.9 Å². The number of hydrogen-bond acceptors (Lipinski definition) is 3. The summed E-state index contributed by atoms with van der Waals surface area (Å²) in [6.45, 7) is 3.38. The second kappa shape index (κ2) is 6.69. The number of aryl methyl sites for hydroxylation is 1. The highest BCUT2D eigenvalue weighted by molar-refractivity contribution is 5.64. The quantitative estimate of drug-likeness (QED) is 0.891. The van der Waals surface area contributed by atoms with Gasteiger partial charge < -0.3 is 15.3 Å². The van der Waals surface area contributed by atoms with Crippen LogP contribution in [0.2, 0.25) is 0 Å². The van der Waals surface area contributed by atoms with E-state index in [-0.39, 0.29) is 11.9 Å². The predicted molar refractivity (Wildman–Crippen MR) is 91.3 cm³/mol. The van der Waals surface area contributed by atoms with E-state index in [2.05, 4.69) is 35.3 Å². The summed E-state index contributed by atoms with van der Waals surface area (Å²) in [5, 5.41) is 13.7. The minimum atomic E-state index is -0.618. The number of aliphatic hydroxyl groups is 1. The van der Waals surface area contributed by atoms with Crippen molar-refractivity contribution in [3.05, 3.63) is 65.0 Å². The molecular formula is C19H23FN2O. The molecule has 2 atom stereocenters. The smallest absolute Gasteiger partial charge is 0.123 e. The van der Waals surface area contributed by atoms with Crippen LogP contribution in [0.5, 0.6) is 0 Å². The van der Waals surface area contributed by atoms with Crippen LogP contribution in [-0.2, 0) is 6.42 Å². The van der Waals surface area contributed by atoms with Gasteiger partial charge >= 0.3 is 0 Å². The average molecular weight is 314 g/mol. The second-order valence-corrected chi connectivity index (χ2v) is 6.15. The summed E-state index contributed by atoms with van der Waals surface area (Å²) in [7, 11) is 1.81. The Kier molecular flexibility index (Phi) is 4.64. The van der Waals surface area contributed by atoms with Gasteiger partial charge in [0.05, 0.1) is 12.1 Å². The third-order valence-electron chi connectivity index (χ3n) is 4.53. The van der Waals surface area contributed by atoms with Crippen LogP contribution in [0.3, 0.4) is 0 Å². The molecule has 1 aliphatic rings. The number of anilines is 1. The van der Waals surface area contributed by atoms with Crippen LogP contribution in [0.1, 0.15) is 22.7 Å².